The molecule has 2 aromatic heterocycles. The highest BCUT2D eigenvalue weighted by Gasteiger charge is 2.44. The Morgan fingerprint density at radius 1 is 0.982 bits per heavy atom. The van der Waals surface area contributed by atoms with Crippen LogP contribution in [0.3, 0.4) is 0 Å². The van der Waals surface area contributed by atoms with E-state index >= 15 is 4.39 Å². The molecule has 0 spiro atoms. The number of fused-ring (bicyclic) bond motifs is 4. The van der Waals surface area contributed by atoms with Crippen molar-refractivity contribution in [2.24, 2.45) is 0 Å². The van der Waals surface area contributed by atoms with E-state index in [9.17, 15) is 19.2 Å². The zero-order valence-electron chi connectivity index (χ0n) is 31.0. The molecule has 57 heavy (non-hydrogen) atoms. The molecule has 290 valence electrons. The first-order chi connectivity index (χ1) is 27.8. The van der Waals surface area contributed by atoms with Crippen LogP contribution < -0.4 is 20.9 Å². The lowest BCUT2D eigenvalue weighted by atomic mass is 9.99. The van der Waals surface area contributed by atoms with E-state index in [1.165, 1.54) is 27.9 Å². The first-order valence-corrected chi connectivity index (χ1v) is 20.3. The minimum atomic E-state index is -1.04. The minimum Gasteiger partial charge on any atom is -0.374 e. The van der Waals surface area contributed by atoms with Crippen LogP contribution in [0, 0.1) is 5.82 Å². The summed E-state index contributed by atoms with van der Waals surface area (Å²) in [6.07, 6.45) is 6.90. The number of piperidine rings is 1. The van der Waals surface area contributed by atoms with Crippen molar-refractivity contribution in [2.75, 3.05) is 28.6 Å². The van der Waals surface area contributed by atoms with Gasteiger partial charge in [-0.25, -0.2) is 14.4 Å². The van der Waals surface area contributed by atoms with Gasteiger partial charge in [-0.05, 0) is 78.8 Å². The van der Waals surface area contributed by atoms with Crippen LogP contribution in [0.25, 0.3) is 11.1 Å². The average molecular weight is 786 g/mol. The van der Waals surface area contributed by atoms with Crippen molar-refractivity contribution in [1.29, 1.82) is 0 Å². The smallest absolute Gasteiger partial charge is 0.255 e. The van der Waals surface area contributed by atoms with E-state index in [2.05, 4.69) is 60.0 Å². The number of thiazole rings is 1. The summed E-state index contributed by atoms with van der Waals surface area (Å²) in [6, 6.07) is 18.9. The van der Waals surface area contributed by atoms with E-state index < -0.39 is 29.7 Å². The second-order valence-electron chi connectivity index (χ2n) is 15.5. The molecule has 3 N–H and O–H groups in total. The molecule has 0 aliphatic carbocycles. The summed E-state index contributed by atoms with van der Waals surface area (Å²) in [6.45, 7) is 3.46. The summed E-state index contributed by atoms with van der Waals surface area (Å²) in [4.78, 5) is 66.8. The predicted octanol–water partition coefficient (Wildman–Crippen LogP) is 5.11. The minimum absolute atomic E-state index is 0.0386. The number of nitrogens with one attached hydrogen (secondary N) is 3. The van der Waals surface area contributed by atoms with Gasteiger partial charge in [0.25, 0.3) is 11.8 Å². The summed E-state index contributed by atoms with van der Waals surface area (Å²) >= 11 is 1.29. The molecule has 5 aromatic rings. The summed E-state index contributed by atoms with van der Waals surface area (Å²) in [5.41, 5.74) is 6.56. The van der Waals surface area contributed by atoms with Gasteiger partial charge in [0.1, 0.15) is 11.9 Å². The lowest BCUT2D eigenvalue weighted by Gasteiger charge is -2.35. The Kier molecular flexibility index (Phi) is 8.85. The number of piperazine rings is 1. The van der Waals surface area contributed by atoms with E-state index in [-0.39, 0.29) is 29.5 Å². The van der Waals surface area contributed by atoms with Gasteiger partial charge in [-0.15, -0.1) is 11.3 Å². The molecular formula is C42H40FN9O4S. The van der Waals surface area contributed by atoms with Gasteiger partial charge >= 0.3 is 0 Å². The van der Waals surface area contributed by atoms with Crippen LogP contribution in [0.2, 0.25) is 0 Å². The van der Waals surface area contributed by atoms with Crippen LogP contribution in [0.5, 0.6) is 0 Å². The fraction of sp³-hybridized carbons (Fsp3) is 0.333. The summed E-state index contributed by atoms with van der Waals surface area (Å²) < 4.78 is 17.9. The number of imidazole rings is 1. The molecule has 5 aliphatic rings. The number of halogens is 1. The van der Waals surface area contributed by atoms with Gasteiger partial charge in [0.2, 0.25) is 11.8 Å². The Balaban J connectivity index is 0.804. The van der Waals surface area contributed by atoms with Gasteiger partial charge in [-0.1, -0.05) is 24.3 Å². The highest BCUT2D eigenvalue weighted by atomic mass is 32.1. The lowest BCUT2D eigenvalue weighted by molar-refractivity contribution is -0.133. The van der Waals surface area contributed by atoms with Crippen LogP contribution in [-0.4, -0.2) is 79.2 Å². The number of imide groups is 1. The number of rotatable bonds is 10. The SMILES string of the molecule is O=C1CCC(Nc2ccc(CN3C[C@H]4C[C@@H]3CN4c3ccc(-c4cc(F)c5c(c4)C(=O)N(C(C(=O)Nc4nccs4)c4ncn6c4CCC6)C5)cc3)cc2)C(=O)N1. The summed E-state index contributed by atoms with van der Waals surface area (Å²) in [5, 5.41) is 10.7. The summed E-state index contributed by atoms with van der Waals surface area (Å²) in [5.74, 6) is -1.81. The number of likely N-dealkylation sites (tertiary alicyclic amines) is 1. The Morgan fingerprint density at radius 3 is 2.58 bits per heavy atom. The van der Waals surface area contributed by atoms with Gasteiger partial charge in [0.05, 0.1) is 18.6 Å². The number of amides is 4. The van der Waals surface area contributed by atoms with Gasteiger partial charge in [-0.3, -0.25) is 34.7 Å². The maximum absolute atomic E-state index is 15.9. The normalized spacial score (nSPS) is 21.8. The molecule has 15 heteroatoms. The van der Waals surface area contributed by atoms with Crippen molar-refractivity contribution in [3.05, 3.63) is 112 Å². The molecule has 3 aromatic carbocycles. The molecule has 5 aliphatic heterocycles. The van der Waals surface area contributed by atoms with Crippen molar-refractivity contribution >= 4 is 51.5 Å². The van der Waals surface area contributed by atoms with Gasteiger partial charge in [0.15, 0.2) is 11.2 Å². The second kappa shape index (κ2) is 14.2. The number of benzene rings is 3. The van der Waals surface area contributed by atoms with Crippen LogP contribution in [-0.2, 0) is 40.4 Å². The number of nitrogens with zero attached hydrogens (tertiary/aromatic N) is 6. The molecule has 4 atom stereocenters. The third kappa shape index (κ3) is 6.53. The molecule has 7 heterocycles. The van der Waals surface area contributed by atoms with Crippen molar-refractivity contribution in [3.8, 4) is 11.1 Å². The molecule has 2 unspecified atom stereocenters. The summed E-state index contributed by atoms with van der Waals surface area (Å²) in [7, 11) is 0. The Labute approximate surface area is 331 Å². The molecule has 0 radical (unpaired) electrons. The van der Waals surface area contributed by atoms with Crippen LogP contribution in [0.1, 0.15) is 64.6 Å². The van der Waals surface area contributed by atoms with E-state index in [0.29, 0.717) is 41.3 Å². The van der Waals surface area contributed by atoms with Crippen molar-refractivity contribution in [3.63, 3.8) is 0 Å². The Bertz CT molecular complexity index is 2400. The molecule has 0 saturated carbocycles. The molecule has 10 rings (SSSR count). The molecular weight excluding hydrogens is 746 g/mol. The highest BCUT2D eigenvalue weighted by molar-refractivity contribution is 7.13. The van der Waals surface area contributed by atoms with Crippen LogP contribution in [0.15, 0.2) is 78.6 Å². The number of carbonyl (C=O) groups is 4. The zero-order chi connectivity index (χ0) is 38.8. The monoisotopic (exact) mass is 785 g/mol. The molecule has 3 saturated heterocycles. The number of hydrogen-bond acceptors (Lipinski definition) is 10. The van der Waals surface area contributed by atoms with Crippen molar-refractivity contribution in [1.82, 2.24) is 29.7 Å². The van der Waals surface area contributed by atoms with Crippen LogP contribution >= 0.6 is 11.3 Å². The second-order valence-corrected chi connectivity index (χ2v) is 16.4. The fourth-order valence-electron chi connectivity index (χ4n) is 9.24. The lowest BCUT2D eigenvalue weighted by Crippen LogP contribution is -2.47. The number of hydrogen-bond donors (Lipinski definition) is 3. The highest BCUT2D eigenvalue weighted by Crippen LogP contribution is 2.40. The van der Waals surface area contributed by atoms with Gasteiger partial charge in [0, 0.05) is 84.5 Å². The average Bonchev–Trinajstić information content (AvgIpc) is 4.07. The molecule has 4 amide bonds. The topological polar surface area (TPSA) is 145 Å². The number of carbonyl (C=O) groups excluding carboxylic acids is 4. The van der Waals surface area contributed by atoms with E-state index in [1.54, 1.807) is 24.0 Å². The molecule has 3 fully saturated rings. The third-order valence-electron chi connectivity index (χ3n) is 12.1. The maximum atomic E-state index is 15.9. The number of anilines is 3. The third-order valence-corrected chi connectivity index (χ3v) is 12.8. The first-order valence-electron chi connectivity index (χ1n) is 19.4. The van der Waals surface area contributed by atoms with Crippen LogP contribution in [0.4, 0.5) is 20.9 Å². The fourth-order valence-corrected chi connectivity index (χ4v) is 9.78. The quantitative estimate of drug-likeness (QED) is 0.165. The predicted molar refractivity (Wildman–Crippen MR) is 212 cm³/mol. The number of aromatic nitrogens is 3. The Morgan fingerprint density at radius 2 is 1.82 bits per heavy atom. The standard InChI is InChI=1S/C42H40FN9O4S/c43-33-17-26(16-31-32(33)22-52(41(31)56)38(40(55)48-42-44-13-15-57-42)37-35-2-1-14-49(35)23-45-37)25-5-9-28(10-6-25)51-21-29-18-30(51)20-50(29)19-24-3-7-27(8-4-24)46-34-11-12-36(53)47-39(34)54/h3-10,13,15-17,23,29-30,34,38,46H,1-2,11-12,14,18-22H2,(H,44,48,55)(H,47,53,54)/t29-,30-,34?,38?/m1/s1. The molecule has 13 nitrogen and oxygen atoms in total. The first kappa shape index (κ1) is 35.5. The van der Waals surface area contributed by atoms with Gasteiger partial charge in [-0.2, -0.15) is 0 Å². The zero-order valence-corrected chi connectivity index (χ0v) is 31.8. The Hall–Kier alpha value is -5.93. The van der Waals surface area contributed by atoms with E-state index in [1.807, 2.05) is 28.8 Å². The van der Waals surface area contributed by atoms with Crippen molar-refractivity contribution in [2.45, 2.75) is 75.9 Å². The largest absolute Gasteiger partial charge is 0.374 e. The van der Waals surface area contributed by atoms with E-state index in [0.717, 1.165) is 68.1 Å². The van der Waals surface area contributed by atoms with Crippen molar-refractivity contribution < 1.29 is 23.6 Å². The maximum Gasteiger partial charge on any atom is 0.255 e. The molecule has 2 bridgehead atoms. The number of aryl methyl sites for hydroxylation is 1. The van der Waals surface area contributed by atoms with E-state index in [4.69, 9.17) is 0 Å². The van der Waals surface area contributed by atoms with Gasteiger partial charge < -0.3 is 19.7 Å².